The van der Waals surface area contributed by atoms with E-state index in [-0.39, 0.29) is 30.1 Å². The van der Waals surface area contributed by atoms with Crippen LogP contribution in [0.5, 0.6) is 0 Å². The van der Waals surface area contributed by atoms with Crippen molar-refractivity contribution in [2.45, 2.75) is 38.4 Å². The number of morpholine rings is 1. The van der Waals surface area contributed by atoms with Crippen molar-refractivity contribution in [2.75, 3.05) is 49.6 Å². The van der Waals surface area contributed by atoms with Crippen LogP contribution >= 0.6 is 0 Å². The minimum atomic E-state index is -0.593. The number of piperazine rings is 1. The minimum Gasteiger partial charge on any atom is -0.379 e. The number of nitriles is 1. The molecular formula is C29H31F2N9O. The predicted molar refractivity (Wildman–Crippen MR) is 151 cm³/mol. The van der Waals surface area contributed by atoms with Crippen LogP contribution in [0.4, 0.5) is 31.9 Å². The van der Waals surface area contributed by atoms with Crippen LogP contribution in [0.3, 0.4) is 0 Å². The molecule has 5 heterocycles. The summed E-state index contributed by atoms with van der Waals surface area (Å²) in [6, 6.07) is 7.26. The zero-order valence-corrected chi connectivity index (χ0v) is 22.9. The average Bonchev–Trinajstić information content (AvgIpc) is 3.38. The Labute approximate surface area is 237 Å². The zero-order chi connectivity index (χ0) is 28.5. The second-order valence-corrected chi connectivity index (χ2v) is 10.8. The predicted octanol–water partition coefficient (Wildman–Crippen LogP) is 3.63. The Morgan fingerprint density at radius 1 is 1.07 bits per heavy atom. The lowest BCUT2D eigenvalue weighted by atomic mass is 9.95. The van der Waals surface area contributed by atoms with E-state index < -0.39 is 17.6 Å². The zero-order valence-electron chi connectivity index (χ0n) is 22.9. The fourth-order valence-electron chi connectivity index (χ4n) is 5.67. The molecule has 3 aromatic rings. The standard InChI is InChI=1S/C29H31F2N9O/c1-17-14-40(15-18(2)36-17)28-20(10-32)7-21(11-34-28)37-29-35-13-26-27(38-29)22(12-33-26)19-8-24(30)23(25(31)9-19)16-39-3-5-41-6-4-39/h7-9,11-13,17-18,22,36H,3-6,14-16H2,1-2H3,(H,35,37,38)/t17-,18+,22?. The number of hydrogen-bond acceptors (Lipinski definition) is 10. The smallest absolute Gasteiger partial charge is 0.227 e. The van der Waals surface area contributed by atoms with Gasteiger partial charge in [0.25, 0.3) is 0 Å². The largest absolute Gasteiger partial charge is 0.379 e. The highest BCUT2D eigenvalue weighted by molar-refractivity contribution is 5.83. The number of anilines is 3. The second-order valence-electron chi connectivity index (χ2n) is 10.8. The molecule has 3 aliphatic rings. The molecule has 0 amide bonds. The summed E-state index contributed by atoms with van der Waals surface area (Å²) in [6.07, 6.45) is 4.84. The number of aromatic nitrogens is 3. The third-order valence-electron chi connectivity index (χ3n) is 7.56. The molecule has 2 saturated heterocycles. The van der Waals surface area contributed by atoms with Gasteiger partial charge >= 0.3 is 0 Å². The summed E-state index contributed by atoms with van der Waals surface area (Å²) in [7, 11) is 0. The average molecular weight is 560 g/mol. The van der Waals surface area contributed by atoms with Crippen LogP contribution in [0.15, 0.2) is 35.6 Å². The van der Waals surface area contributed by atoms with E-state index in [0.29, 0.717) is 60.3 Å². The van der Waals surface area contributed by atoms with Gasteiger partial charge in [-0.25, -0.2) is 23.7 Å². The Kier molecular flexibility index (Phi) is 7.57. The Morgan fingerprint density at radius 3 is 2.51 bits per heavy atom. The Hall–Kier alpha value is -4.05. The summed E-state index contributed by atoms with van der Waals surface area (Å²) in [5, 5.41) is 16.4. The Morgan fingerprint density at radius 2 is 1.80 bits per heavy atom. The maximum absolute atomic E-state index is 15.1. The van der Waals surface area contributed by atoms with E-state index in [4.69, 9.17) is 4.74 Å². The van der Waals surface area contributed by atoms with Crippen molar-refractivity contribution in [3.05, 3.63) is 64.6 Å². The van der Waals surface area contributed by atoms with Crippen LogP contribution in [0.1, 0.15) is 42.1 Å². The van der Waals surface area contributed by atoms with Crippen LogP contribution in [0.2, 0.25) is 0 Å². The summed E-state index contributed by atoms with van der Waals surface area (Å²) in [4.78, 5) is 22.0. The van der Waals surface area contributed by atoms with Crippen molar-refractivity contribution >= 4 is 29.4 Å². The molecule has 1 unspecified atom stereocenters. The van der Waals surface area contributed by atoms with Gasteiger partial charge < -0.3 is 20.3 Å². The molecule has 0 aliphatic carbocycles. The summed E-state index contributed by atoms with van der Waals surface area (Å²) in [6.45, 7) is 8.30. The molecule has 10 nitrogen and oxygen atoms in total. The Bertz CT molecular complexity index is 1490. The lowest BCUT2D eigenvalue weighted by molar-refractivity contribution is 0.0332. The first-order valence-electron chi connectivity index (χ1n) is 13.7. The third-order valence-corrected chi connectivity index (χ3v) is 7.56. The third kappa shape index (κ3) is 5.74. The number of hydrogen-bond donors (Lipinski definition) is 2. The molecule has 2 N–H and O–H groups in total. The fraction of sp³-hybridized carbons (Fsp3) is 0.414. The van der Waals surface area contributed by atoms with E-state index >= 15 is 8.78 Å². The molecule has 3 aliphatic heterocycles. The number of rotatable bonds is 6. The van der Waals surface area contributed by atoms with Crippen molar-refractivity contribution < 1.29 is 13.5 Å². The minimum absolute atomic E-state index is 0.0461. The summed E-state index contributed by atoms with van der Waals surface area (Å²) in [5.74, 6) is -0.801. The lowest BCUT2D eigenvalue weighted by Gasteiger charge is -2.37. The molecule has 3 atom stereocenters. The number of aliphatic imine (C=N–C) groups is 1. The summed E-state index contributed by atoms with van der Waals surface area (Å²) < 4.78 is 35.6. The van der Waals surface area contributed by atoms with Crippen molar-refractivity contribution in [2.24, 2.45) is 4.99 Å². The number of halogens is 2. The summed E-state index contributed by atoms with van der Waals surface area (Å²) in [5.41, 5.74) is 2.55. The molecule has 212 valence electrons. The molecule has 41 heavy (non-hydrogen) atoms. The van der Waals surface area contributed by atoms with Crippen LogP contribution < -0.4 is 15.5 Å². The molecule has 0 bridgehead atoms. The molecule has 2 aromatic heterocycles. The highest BCUT2D eigenvalue weighted by Gasteiger charge is 2.27. The highest BCUT2D eigenvalue weighted by Crippen LogP contribution is 2.36. The first kappa shape index (κ1) is 27.1. The number of nitrogens with zero attached hydrogens (tertiary/aromatic N) is 7. The van der Waals surface area contributed by atoms with Crippen molar-refractivity contribution in [1.29, 1.82) is 5.26 Å². The maximum atomic E-state index is 15.1. The van der Waals surface area contributed by atoms with Gasteiger partial charge in [0.05, 0.1) is 48.5 Å². The van der Waals surface area contributed by atoms with Crippen molar-refractivity contribution in [3.63, 3.8) is 0 Å². The van der Waals surface area contributed by atoms with Crippen LogP contribution in [-0.4, -0.2) is 77.5 Å². The van der Waals surface area contributed by atoms with Crippen LogP contribution in [0.25, 0.3) is 0 Å². The molecule has 0 saturated carbocycles. The van der Waals surface area contributed by atoms with Crippen molar-refractivity contribution in [3.8, 4) is 6.07 Å². The summed E-state index contributed by atoms with van der Waals surface area (Å²) >= 11 is 0. The van der Waals surface area contributed by atoms with Gasteiger partial charge in [0, 0.05) is 56.6 Å². The molecule has 0 spiro atoms. The van der Waals surface area contributed by atoms with Crippen LogP contribution in [0, 0.1) is 23.0 Å². The van der Waals surface area contributed by atoms with E-state index in [1.165, 1.54) is 12.1 Å². The van der Waals surface area contributed by atoms with E-state index in [2.05, 4.69) is 55.4 Å². The molecule has 12 heteroatoms. The number of pyridine rings is 1. The quantitative estimate of drug-likeness (QED) is 0.467. The van der Waals surface area contributed by atoms with Crippen LogP contribution in [-0.2, 0) is 11.3 Å². The normalized spacial score (nSPS) is 22.4. The van der Waals surface area contributed by atoms with Gasteiger partial charge in [0.2, 0.25) is 5.95 Å². The lowest BCUT2D eigenvalue weighted by Crippen LogP contribution is -2.54. The monoisotopic (exact) mass is 559 g/mol. The van der Waals surface area contributed by atoms with Gasteiger partial charge in [-0.15, -0.1) is 0 Å². The molecule has 1 aromatic carbocycles. The number of ether oxygens (including phenoxy) is 1. The Balaban J connectivity index is 1.21. The van der Waals surface area contributed by atoms with Gasteiger partial charge in [0.1, 0.15) is 29.2 Å². The van der Waals surface area contributed by atoms with E-state index in [1.807, 2.05) is 4.90 Å². The van der Waals surface area contributed by atoms with Gasteiger partial charge in [-0.3, -0.25) is 9.89 Å². The molecule has 6 rings (SSSR count). The highest BCUT2D eigenvalue weighted by atomic mass is 19.1. The molecule has 0 radical (unpaired) electrons. The second kappa shape index (κ2) is 11.4. The number of fused-ring (bicyclic) bond motifs is 1. The SMILES string of the molecule is C[C@@H]1CN(c2ncc(Nc3ncc4c(n3)C(c3cc(F)c(CN5CCOCC5)c(F)c3)C=N4)cc2C#N)C[C@H](C)N1. The van der Waals surface area contributed by atoms with Gasteiger partial charge in [0.15, 0.2) is 0 Å². The van der Waals surface area contributed by atoms with Crippen molar-refractivity contribution in [1.82, 2.24) is 25.2 Å². The topological polar surface area (TPSA) is 115 Å². The van der Waals surface area contributed by atoms with Gasteiger partial charge in [-0.1, -0.05) is 0 Å². The van der Waals surface area contributed by atoms with Gasteiger partial charge in [-0.2, -0.15) is 5.26 Å². The molecular weight excluding hydrogens is 528 g/mol. The fourth-order valence-corrected chi connectivity index (χ4v) is 5.67. The first-order valence-corrected chi connectivity index (χ1v) is 13.7. The maximum Gasteiger partial charge on any atom is 0.227 e. The number of benzene rings is 1. The number of nitrogens with one attached hydrogen (secondary N) is 2. The molecule has 2 fully saturated rings. The van der Waals surface area contributed by atoms with E-state index in [9.17, 15) is 5.26 Å². The first-order chi connectivity index (χ1) is 19.9. The van der Waals surface area contributed by atoms with E-state index in [0.717, 1.165) is 13.1 Å². The van der Waals surface area contributed by atoms with Gasteiger partial charge in [-0.05, 0) is 37.6 Å². The van der Waals surface area contributed by atoms with E-state index in [1.54, 1.807) is 24.7 Å².